The molecule has 13 heavy (non-hydrogen) atoms. The van der Waals surface area contributed by atoms with Gasteiger partial charge in [-0.3, -0.25) is 4.79 Å². The lowest BCUT2D eigenvalue weighted by Gasteiger charge is -2.58. The molecule has 0 heterocycles. The minimum atomic E-state index is -0.0585. The van der Waals surface area contributed by atoms with Gasteiger partial charge in [0.15, 0.2) is 0 Å². The summed E-state index contributed by atoms with van der Waals surface area (Å²) in [5.74, 6) is 0.384. The molecule has 3 aliphatic rings. The molecule has 0 aromatic rings. The molecular formula is C11H16O2. The molecule has 0 aromatic heterocycles. The lowest BCUT2D eigenvalue weighted by Crippen LogP contribution is -2.58. The number of carbonyl (C=O) groups is 1. The van der Waals surface area contributed by atoms with Gasteiger partial charge in [-0.05, 0) is 11.3 Å². The molecule has 1 saturated carbocycles. The van der Waals surface area contributed by atoms with Gasteiger partial charge in [-0.2, -0.15) is 0 Å². The molecule has 2 bridgehead atoms. The lowest BCUT2D eigenvalue weighted by atomic mass is 9.44. The van der Waals surface area contributed by atoms with Crippen molar-refractivity contribution in [3.05, 3.63) is 12.2 Å². The SMILES string of the molecule is COC(=O)C1C2C=CC1(C)C2(C)C. The van der Waals surface area contributed by atoms with Crippen LogP contribution in [-0.2, 0) is 9.53 Å². The monoisotopic (exact) mass is 180 g/mol. The van der Waals surface area contributed by atoms with E-state index < -0.39 is 0 Å². The van der Waals surface area contributed by atoms with Crippen LogP contribution in [0.1, 0.15) is 20.8 Å². The maximum atomic E-state index is 11.5. The van der Waals surface area contributed by atoms with Gasteiger partial charge in [-0.1, -0.05) is 32.9 Å². The third-order valence-electron chi connectivity index (χ3n) is 4.33. The topological polar surface area (TPSA) is 26.3 Å². The van der Waals surface area contributed by atoms with E-state index in [0.29, 0.717) is 5.92 Å². The Kier molecular flexibility index (Phi) is 1.47. The number of allylic oxidation sites excluding steroid dienone is 2. The lowest BCUT2D eigenvalue weighted by molar-refractivity contribution is -0.175. The van der Waals surface area contributed by atoms with Crippen LogP contribution in [0.2, 0.25) is 0 Å². The number of ether oxygens (including phenoxy) is 1. The largest absolute Gasteiger partial charge is 0.469 e. The standard InChI is InChI=1S/C11H16O2/c1-10(2)7-5-6-11(10,3)8(7)9(12)13-4/h5-8H,1-4H3. The fraction of sp³-hybridized carbons (Fsp3) is 0.727. The molecule has 3 unspecified atom stereocenters. The molecule has 3 rings (SSSR count). The molecule has 0 amide bonds. The van der Waals surface area contributed by atoms with Crippen molar-refractivity contribution in [2.45, 2.75) is 20.8 Å². The van der Waals surface area contributed by atoms with E-state index in [1.807, 2.05) is 0 Å². The predicted molar refractivity (Wildman–Crippen MR) is 50.0 cm³/mol. The second-order valence-corrected chi connectivity index (χ2v) is 4.89. The maximum absolute atomic E-state index is 11.5. The summed E-state index contributed by atoms with van der Waals surface area (Å²) in [7, 11) is 1.47. The van der Waals surface area contributed by atoms with Crippen LogP contribution in [0.4, 0.5) is 0 Å². The van der Waals surface area contributed by atoms with Crippen molar-refractivity contribution in [3.8, 4) is 0 Å². The molecule has 72 valence electrons. The van der Waals surface area contributed by atoms with Gasteiger partial charge >= 0.3 is 5.97 Å². The zero-order valence-corrected chi connectivity index (χ0v) is 8.63. The Balaban J connectivity index is 2.29. The minimum Gasteiger partial charge on any atom is -0.469 e. The van der Waals surface area contributed by atoms with Crippen molar-refractivity contribution in [2.75, 3.05) is 7.11 Å². The highest BCUT2D eigenvalue weighted by atomic mass is 16.5. The zero-order chi connectivity index (χ0) is 9.85. The quantitative estimate of drug-likeness (QED) is 0.456. The van der Waals surface area contributed by atoms with Crippen LogP contribution < -0.4 is 0 Å². The normalized spacial score (nSPS) is 44.3. The number of rotatable bonds is 1. The molecule has 0 saturated heterocycles. The van der Waals surface area contributed by atoms with Crippen LogP contribution in [0.5, 0.6) is 0 Å². The van der Waals surface area contributed by atoms with Gasteiger partial charge in [-0.25, -0.2) is 0 Å². The molecule has 1 fully saturated rings. The van der Waals surface area contributed by atoms with E-state index in [9.17, 15) is 4.79 Å². The summed E-state index contributed by atoms with van der Waals surface area (Å²) >= 11 is 0. The molecule has 0 spiro atoms. The molecule has 0 aliphatic heterocycles. The Hall–Kier alpha value is -0.790. The number of hydrogen-bond acceptors (Lipinski definition) is 2. The third-order valence-corrected chi connectivity index (χ3v) is 4.33. The highest BCUT2D eigenvalue weighted by Crippen LogP contribution is 2.70. The number of hydrogen-bond donors (Lipinski definition) is 0. The molecule has 3 atom stereocenters. The summed E-state index contributed by atoms with van der Waals surface area (Å²) in [4.78, 5) is 11.5. The van der Waals surface area contributed by atoms with Crippen LogP contribution >= 0.6 is 0 Å². The van der Waals surface area contributed by atoms with Crippen LogP contribution in [0.3, 0.4) is 0 Å². The van der Waals surface area contributed by atoms with Crippen molar-refractivity contribution < 1.29 is 9.53 Å². The molecule has 0 aromatic carbocycles. The van der Waals surface area contributed by atoms with E-state index in [-0.39, 0.29) is 22.7 Å². The molecule has 0 radical (unpaired) electrons. The predicted octanol–water partition coefficient (Wildman–Crippen LogP) is 2.01. The van der Waals surface area contributed by atoms with Crippen LogP contribution in [-0.4, -0.2) is 13.1 Å². The van der Waals surface area contributed by atoms with Gasteiger partial charge in [0.1, 0.15) is 0 Å². The molecule has 0 N–H and O–H groups in total. The fourth-order valence-electron chi connectivity index (χ4n) is 2.95. The highest BCUT2D eigenvalue weighted by Gasteiger charge is 2.68. The average molecular weight is 180 g/mol. The maximum Gasteiger partial charge on any atom is 0.310 e. The Bertz CT molecular complexity index is 290. The summed E-state index contributed by atoms with van der Waals surface area (Å²) in [5, 5.41) is 0. The van der Waals surface area contributed by atoms with Gasteiger partial charge in [0.2, 0.25) is 0 Å². The summed E-state index contributed by atoms with van der Waals surface area (Å²) in [5.41, 5.74) is 0.247. The van der Waals surface area contributed by atoms with Crippen LogP contribution in [0.15, 0.2) is 12.2 Å². The molecule has 3 aliphatic carbocycles. The zero-order valence-electron chi connectivity index (χ0n) is 8.63. The van der Waals surface area contributed by atoms with Crippen molar-refractivity contribution in [2.24, 2.45) is 22.7 Å². The summed E-state index contributed by atoms with van der Waals surface area (Å²) in [6.07, 6.45) is 4.35. The molecular weight excluding hydrogens is 164 g/mol. The summed E-state index contributed by atoms with van der Waals surface area (Å²) in [6, 6.07) is 0. The van der Waals surface area contributed by atoms with Crippen LogP contribution in [0.25, 0.3) is 0 Å². The smallest absolute Gasteiger partial charge is 0.310 e. The first-order valence-electron chi connectivity index (χ1n) is 4.72. The second kappa shape index (κ2) is 2.17. The highest BCUT2D eigenvalue weighted by molar-refractivity contribution is 5.78. The molecule has 2 nitrogen and oxygen atoms in total. The van der Waals surface area contributed by atoms with Gasteiger partial charge in [0.05, 0.1) is 13.0 Å². The summed E-state index contributed by atoms with van der Waals surface area (Å²) in [6.45, 7) is 6.59. The van der Waals surface area contributed by atoms with Gasteiger partial charge in [-0.15, -0.1) is 0 Å². The van der Waals surface area contributed by atoms with Gasteiger partial charge in [0, 0.05) is 5.41 Å². The Morgan fingerprint density at radius 3 is 2.31 bits per heavy atom. The average Bonchev–Trinajstić information content (AvgIpc) is 2.54. The van der Waals surface area contributed by atoms with Gasteiger partial charge < -0.3 is 4.74 Å². The van der Waals surface area contributed by atoms with E-state index in [1.165, 1.54) is 7.11 Å². The third kappa shape index (κ3) is 0.725. The number of esters is 1. The van der Waals surface area contributed by atoms with Crippen molar-refractivity contribution in [1.29, 1.82) is 0 Å². The van der Waals surface area contributed by atoms with Crippen molar-refractivity contribution in [3.63, 3.8) is 0 Å². The first kappa shape index (κ1) is 8.79. The van der Waals surface area contributed by atoms with Gasteiger partial charge in [0.25, 0.3) is 0 Å². The Morgan fingerprint density at radius 2 is 2.00 bits per heavy atom. The second-order valence-electron chi connectivity index (χ2n) is 4.89. The van der Waals surface area contributed by atoms with E-state index >= 15 is 0 Å². The number of carbonyl (C=O) groups excluding carboxylic acids is 1. The van der Waals surface area contributed by atoms with Crippen molar-refractivity contribution >= 4 is 5.97 Å². The van der Waals surface area contributed by atoms with E-state index in [1.54, 1.807) is 0 Å². The van der Waals surface area contributed by atoms with Crippen LogP contribution in [0, 0.1) is 22.7 Å². The van der Waals surface area contributed by atoms with Crippen molar-refractivity contribution in [1.82, 2.24) is 0 Å². The Morgan fingerprint density at radius 1 is 1.38 bits per heavy atom. The first-order chi connectivity index (χ1) is 5.95. The summed E-state index contributed by atoms with van der Waals surface area (Å²) < 4.78 is 4.81. The van der Waals surface area contributed by atoms with E-state index in [4.69, 9.17) is 4.74 Å². The first-order valence-corrected chi connectivity index (χ1v) is 4.72. The Labute approximate surface area is 79.0 Å². The van der Waals surface area contributed by atoms with E-state index in [0.717, 1.165) is 0 Å². The van der Waals surface area contributed by atoms with E-state index in [2.05, 4.69) is 32.9 Å². The molecule has 2 heteroatoms. The minimum absolute atomic E-state index is 0.0186. The fourth-order valence-corrected chi connectivity index (χ4v) is 2.95. The number of methoxy groups -OCH3 is 1.